The molecule has 74 heavy (non-hydrogen) atoms. The van der Waals surface area contributed by atoms with Gasteiger partial charge in [-0.2, -0.15) is 4.57 Å². The molecule has 2 heterocycles. The first kappa shape index (κ1) is 64.5. The summed E-state index contributed by atoms with van der Waals surface area (Å²) in [5, 5.41) is 0. The fraction of sp³-hybridized carbons (Fsp3) is 0.790. The Labute approximate surface area is 447 Å². The van der Waals surface area contributed by atoms with E-state index in [0.717, 1.165) is 61.8 Å². The summed E-state index contributed by atoms with van der Waals surface area (Å²) in [4.78, 5) is 65.8. The summed E-state index contributed by atoms with van der Waals surface area (Å²) in [7, 11) is 0. The van der Waals surface area contributed by atoms with E-state index < -0.39 is 47.7 Å². The van der Waals surface area contributed by atoms with Gasteiger partial charge in [-0.1, -0.05) is 245 Å². The van der Waals surface area contributed by atoms with Crippen molar-refractivity contribution >= 4 is 17.7 Å². The number of unbranched alkanes of at least 4 members (excludes halogenated alkanes) is 34. The molecule has 0 bridgehead atoms. The molecule has 12 heteroatoms. The van der Waals surface area contributed by atoms with Crippen molar-refractivity contribution < 1.29 is 37.7 Å². The third-order valence-electron chi connectivity index (χ3n) is 14.8. The number of benzene rings is 1. The molecule has 0 saturated carbocycles. The maximum Gasteiger partial charge on any atom is 0.340 e. The van der Waals surface area contributed by atoms with Crippen LogP contribution in [0.3, 0.4) is 0 Å². The third-order valence-corrected chi connectivity index (χ3v) is 14.8. The molecule has 3 rings (SSSR count). The van der Waals surface area contributed by atoms with Crippen LogP contribution in [0.15, 0.2) is 40.1 Å². The Bertz CT molecular complexity index is 1910. The van der Waals surface area contributed by atoms with Crippen molar-refractivity contribution in [2.45, 2.75) is 303 Å². The number of para-hydroxylation sites is 1. The average Bonchev–Trinajstić information content (AvgIpc) is 3.70. The molecule has 2 aromatic rings. The van der Waals surface area contributed by atoms with Gasteiger partial charge in [0.05, 0.1) is 25.2 Å². The summed E-state index contributed by atoms with van der Waals surface area (Å²) in [6.45, 7) is 8.35. The molecule has 4 atom stereocenters. The Hall–Kier alpha value is -3.80. The second-order valence-corrected chi connectivity index (χ2v) is 21.4. The molecule has 1 aromatic carbocycles. The highest BCUT2D eigenvalue weighted by Crippen LogP contribution is 2.36. The number of carbonyl (C=O) groups is 3. The fourth-order valence-corrected chi connectivity index (χ4v) is 10.2. The highest BCUT2D eigenvalue weighted by molar-refractivity contribution is 5.99. The number of hydrogen-bond acceptors (Lipinski definition) is 9. The zero-order valence-electron chi connectivity index (χ0n) is 47.1. The smallest absolute Gasteiger partial charge is 0.340 e. The standard InChI is InChI=1S/C62H103FN2O9/c1-5-8-10-12-14-16-18-20-22-24-26-28-30-32-34-36-38-40-49-71-54-44-42-43-52(58(54)72-50-41-39-37-35-33-31-29-27-25-23-21-19-17-15-13-11-9-6-2)60(69)65-55(67)47-48-64(62(65)70)61-57(63)59(53(7-3)73-61)74-56(68)46-45-51(4)66/h42-44,47-48,53,57,59,61H,5-41,45-46,49-50H2,1-4H3/t53-,57+,59?,61-/m1/s1. The quantitative estimate of drug-likeness (QED) is 0.0469. The van der Waals surface area contributed by atoms with E-state index >= 15 is 4.39 Å². The number of nitrogens with zero attached hydrogens (tertiary/aromatic N) is 2. The number of alkyl halides is 1. The molecule has 0 radical (unpaired) electrons. The van der Waals surface area contributed by atoms with Gasteiger partial charge in [-0.25, -0.2) is 9.18 Å². The third kappa shape index (κ3) is 26.3. The van der Waals surface area contributed by atoms with Crippen LogP contribution in [0.2, 0.25) is 0 Å². The predicted octanol–water partition coefficient (Wildman–Crippen LogP) is 16.5. The highest BCUT2D eigenvalue weighted by atomic mass is 19.1. The minimum absolute atomic E-state index is 0.0208. The lowest BCUT2D eigenvalue weighted by atomic mass is 10.0. The monoisotopic (exact) mass is 1040 g/mol. The lowest BCUT2D eigenvalue weighted by molar-refractivity contribution is -0.154. The van der Waals surface area contributed by atoms with Crippen molar-refractivity contribution in [3.63, 3.8) is 0 Å². The molecule has 1 aliphatic rings. The van der Waals surface area contributed by atoms with Crippen LogP contribution in [-0.4, -0.2) is 58.4 Å². The van der Waals surface area contributed by atoms with Gasteiger partial charge in [0.25, 0.3) is 11.5 Å². The summed E-state index contributed by atoms with van der Waals surface area (Å²) >= 11 is 0. The van der Waals surface area contributed by atoms with Gasteiger partial charge in [-0.15, -0.1) is 0 Å². The molecule has 0 N–H and O–H groups in total. The van der Waals surface area contributed by atoms with E-state index in [1.54, 1.807) is 19.1 Å². The Kier molecular flexibility index (Phi) is 36.1. The average molecular weight is 1040 g/mol. The molecule has 11 nitrogen and oxygen atoms in total. The number of esters is 1. The molecule has 1 aliphatic heterocycles. The molecule has 1 unspecified atom stereocenters. The summed E-state index contributed by atoms with van der Waals surface area (Å²) < 4.78 is 41.4. The Morgan fingerprint density at radius 3 is 1.39 bits per heavy atom. The van der Waals surface area contributed by atoms with E-state index in [4.69, 9.17) is 18.9 Å². The van der Waals surface area contributed by atoms with Gasteiger partial charge in [0.1, 0.15) is 11.9 Å². The molecule has 1 fully saturated rings. The second-order valence-electron chi connectivity index (χ2n) is 21.4. The minimum atomic E-state index is -2.00. The Balaban J connectivity index is 1.54. The lowest BCUT2D eigenvalue weighted by Gasteiger charge is -2.19. The van der Waals surface area contributed by atoms with Crippen LogP contribution in [0.4, 0.5) is 4.39 Å². The number of ether oxygens (including phenoxy) is 4. The van der Waals surface area contributed by atoms with Crippen LogP contribution in [0.1, 0.15) is 295 Å². The van der Waals surface area contributed by atoms with Crippen LogP contribution in [0.5, 0.6) is 11.5 Å². The first-order valence-corrected chi connectivity index (χ1v) is 30.4. The number of Topliss-reactive ketones (excluding diaryl/α,β-unsaturated/α-hetero) is 1. The number of aromatic nitrogens is 2. The lowest BCUT2D eigenvalue weighted by Crippen LogP contribution is -2.45. The summed E-state index contributed by atoms with van der Waals surface area (Å²) in [6.07, 6.45) is 41.1. The number of carbonyl (C=O) groups excluding carboxylic acids is 3. The number of rotatable bonds is 47. The summed E-state index contributed by atoms with van der Waals surface area (Å²) in [5.41, 5.74) is -2.02. The van der Waals surface area contributed by atoms with Gasteiger partial charge < -0.3 is 23.7 Å². The van der Waals surface area contributed by atoms with Crippen LogP contribution in [0.25, 0.3) is 0 Å². The Morgan fingerprint density at radius 1 is 0.554 bits per heavy atom. The predicted molar refractivity (Wildman–Crippen MR) is 299 cm³/mol. The maximum atomic E-state index is 16.1. The molecule has 0 aliphatic carbocycles. The number of ketones is 1. The van der Waals surface area contributed by atoms with E-state index in [2.05, 4.69) is 13.8 Å². The number of halogens is 1. The van der Waals surface area contributed by atoms with Gasteiger partial charge in [0.2, 0.25) is 0 Å². The van der Waals surface area contributed by atoms with E-state index in [-0.39, 0.29) is 36.4 Å². The van der Waals surface area contributed by atoms with Crippen LogP contribution < -0.4 is 20.7 Å². The molecule has 1 saturated heterocycles. The first-order valence-electron chi connectivity index (χ1n) is 30.4. The molecular formula is C62H103FN2O9. The van der Waals surface area contributed by atoms with E-state index in [1.165, 1.54) is 199 Å². The Morgan fingerprint density at radius 2 is 0.973 bits per heavy atom. The molecule has 1 aromatic heterocycles. The SMILES string of the molecule is CCCCCCCCCCCCCCCCCCCCOc1cccc(C(=O)n2c(=O)ccn([C@@H]3O[C@H](CC)C(OC(=O)CCC(C)=O)[C@@H]3F)c2=O)c1OCCCCCCCCCCCCCCCCCCCC. The van der Waals surface area contributed by atoms with Crippen molar-refractivity contribution in [3.05, 3.63) is 56.9 Å². The van der Waals surface area contributed by atoms with Crippen molar-refractivity contribution in [2.24, 2.45) is 0 Å². The van der Waals surface area contributed by atoms with Gasteiger partial charge in [-0.05, 0) is 38.3 Å². The summed E-state index contributed by atoms with van der Waals surface area (Å²) in [5.74, 6) is -1.38. The van der Waals surface area contributed by atoms with Gasteiger partial charge in [0.15, 0.2) is 30.0 Å². The fourth-order valence-electron chi connectivity index (χ4n) is 10.2. The minimum Gasteiger partial charge on any atom is -0.490 e. The van der Waals surface area contributed by atoms with Crippen molar-refractivity contribution in [3.8, 4) is 11.5 Å². The first-order chi connectivity index (χ1) is 36.1. The highest BCUT2D eigenvalue weighted by Gasteiger charge is 2.48. The molecule has 0 amide bonds. The van der Waals surface area contributed by atoms with Gasteiger partial charge >= 0.3 is 11.7 Å². The van der Waals surface area contributed by atoms with Crippen LogP contribution in [0, 0.1) is 0 Å². The summed E-state index contributed by atoms with van der Waals surface area (Å²) in [6, 6.07) is 5.90. The maximum absolute atomic E-state index is 16.1. The largest absolute Gasteiger partial charge is 0.490 e. The van der Waals surface area contributed by atoms with E-state index in [9.17, 15) is 24.0 Å². The van der Waals surface area contributed by atoms with Crippen molar-refractivity contribution in [1.82, 2.24) is 9.13 Å². The zero-order chi connectivity index (χ0) is 53.4. The molecular weight excluding hydrogens is 936 g/mol. The van der Waals surface area contributed by atoms with Gasteiger partial charge in [-0.3, -0.25) is 19.0 Å². The van der Waals surface area contributed by atoms with Crippen LogP contribution >= 0.6 is 0 Å². The van der Waals surface area contributed by atoms with E-state index in [0.29, 0.717) is 23.5 Å². The number of hydrogen-bond donors (Lipinski definition) is 0. The van der Waals surface area contributed by atoms with Crippen LogP contribution in [-0.2, 0) is 19.1 Å². The topological polar surface area (TPSA) is 132 Å². The zero-order valence-corrected chi connectivity index (χ0v) is 47.1. The van der Waals surface area contributed by atoms with E-state index in [1.807, 2.05) is 0 Å². The van der Waals surface area contributed by atoms with Crippen molar-refractivity contribution in [2.75, 3.05) is 13.2 Å². The molecule has 0 spiro atoms. The normalized spacial score (nSPS) is 16.4. The van der Waals surface area contributed by atoms with Gasteiger partial charge in [0, 0.05) is 18.7 Å². The van der Waals surface area contributed by atoms with Crippen molar-refractivity contribution in [1.29, 1.82) is 0 Å². The second kappa shape index (κ2) is 41.4. The molecule has 422 valence electrons.